The molecule has 0 unspecified atom stereocenters. The van der Waals surface area contributed by atoms with Gasteiger partial charge in [-0.1, -0.05) is 0 Å². The Morgan fingerprint density at radius 2 is 2.22 bits per heavy atom. The number of aliphatic hydroxyl groups excluding tert-OH is 1. The van der Waals surface area contributed by atoms with Crippen molar-refractivity contribution in [2.24, 2.45) is 0 Å². The molecular formula is C17H18N4OS. The van der Waals surface area contributed by atoms with Crippen LogP contribution in [0.25, 0.3) is 10.7 Å². The fourth-order valence-electron chi connectivity index (χ4n) is 2.60. The number of rotatable bonds is 5. The molecule has 118 valence electrons. The number of aryl methyl sites for hydroxylation is 1. The summed E-state index contributed by atoms with van der Waals surface area (Å²) >= 11 is 1.51. The zero-order chi connectivity index (χ0) is 15.8. The van der Waals surface area contributed by atoms with Gasteiger partial charge in [-0.2, -0.15) is 0 Å². The first-order chi connectivity index (χ1) is 11.2. The van der Waals surface area contributed by atoms with Gasteiger partial charge in [-0.3, -0.25) is 0 Å². The van der Waals surface area contributed by atoms with Gasteiger partial charge >= 0.3 is 0 Å². The first-order valence-corrected chi connectivity index (χ1v) is 8.54. The summed E-state index contributed by atoms with van der Waals surface area (Å²) in [4.78, 5) is 14.3. The molecule has 0 amide bonds. The minimum atomic E-state index is 0.0507. The van der Waals surface area contributed by atoms with Gasteiger partial charge in [-0.15, -0.1) is 11.3 Å². The van der Waals surface area contributed by atoms with Crippen LogP contribution in [0.15, 0.2) is 30.5 Å². The zero-order valence-electron chi connectivity index (χ0n) is 12.8. The van der Waals surface area contributed by atoms with Gasteiger partial charge < -0.3 is 15.4 Å². The normalized spacial score (nSPS) is 14.2. The van der Waals surface area contributed by atoms with Crippen LogP contribution >= 0.6 is 11.3 Å². The summed E-state index contributed by atoms with van der Waals surface area (Å²) in [6.07, 6.45) is 4.32. The molecule has 0 aliphatic heterocycles. The quantitative estimate of drug-likeness (QED) is 0.663. The van der Waals surface area contributed by atoms with Crippen molar-refractivity contribution in [1.82, 2.24) is 15.0 Å². The van der Waals surface area contributed by atoms with Crippen LogP contribution in [0.4, 0.5) is 11.5 Å². The zero-order valence-corrected chi connectivity index (χ0v) is 13.7. The number of anilines is 2. The Morgan fingerprint density at radius 1 is 1.35 bits per heavy atom. The first kappa shape index (κ1) is 14.4. The molecule has 3 aromatic heterocycles. The molecule has 4 rings (SSSR count). The van der Waals surface area contributed by atoms with Gasteiger partial charge in [-0.05, 0) is 49.9 Å². The monoisotopic (exact) mass is 326 g/mol. The van der Waals surface area contributed by atoms with Crippen LogP contribution in [-0.2, 0) is 6.61 Å². The van der Waals surface area contributed by atoms with E-state index in [0.717, 1.165) is 27.0 Å². The lowest BCUT2D eigenvalue weighted by Crippen LogP contribution is -1.96. The van der Waals surface area contributed by atoms with Crippen molar-refractivity contribution in [3.8, 4) is 10.7 Å². The molecule has 5 nitrogen and oxygen atoms in total. The third-order valence-corrected chi connectivity index (χ3v) is 5.07. The summed E-state index contributed by atoms with van der Waals surface area (Å²) in [6.45, 7) is 2.12. The smallest absolute Gasteiger partial charge is 0.171 e. The largest absolute Gasteiger partial charge is 0.391 e. The number of hydrogen-bond acceptors (Lipinski definition) is 5. The topological polar surface area (TPSA) is 73.8 Å². The van der Waals surface area contributed by atoms with Gasteiger partial charge in [0.15, 0.2) is 5.82 Å². The summed E-state index contributed by atoms with van der Waals surface area (Å²) in [6, 6.07) is 7.90. The minimum Gasteiger partial charge on any atom is -0.391 e. The van der Waals surface area contributed by atoms with E-state index in [2.05, 4.69) is 33.3 Å². The average Bonchev–Trinajstić information content (AvgIpc) is 3.19. The second-order valence-corrected chi connectivity index (χ2v) is 7.02. The Morgan fingerprint density at radius 3 is 2.96 bits per heavy atom. The lowest BCUT2D eigenvalue weighted by Gasteiger charge is -2.05. The average molecular weight is 326 g/mol. The number of thiophene rings is 1. The second kappa shape index (κ2) is 5.79. The van der Waals surface area contributed by atoms with Crippen molar-refractivity contribution in [2.45, 2.75) is 32.3 Å². The third kappa shape index (κ3) is 3.00. The van der Waals surface area contributed by atoms with Crippen molar-refractivity contribution in [2.75, 3.05) is 5.32 Å². The molecule has 1 fully saturated rings. The Hall–Kier alpha value is -2.18. The molecule has 0 atom stereocenters. The van der Waals surface area contributed by atoms with E-state index in [0.29, 0.717) is 11.7 Å². The molecule has 0 saturated heterocycles. The van der Waals surface area contributed by atoms with E-state index in [9.17, 15) is 5.11 Å². The summed E-state index contributed by atoms with van der Waals surface area (Å²) in [5.41, 5.74) is 3.51. The van der Waals surface area contributed by atoms with E-state index < -0.39 is 0 Å². The number of aliphatic hydroxyl groups is 1. The number of nitrogens with one attached hydrogen (secondary N) is 2. The summed E-state index contributed by atoms with van der Waals surface area (Å²) in [7, 11) is 0. The maximum absolute atomic E-state index is 9.18. The molecule has 23 heavy (non-hydrogen) atoms. The van der Waals surface area contributed by atoms with Gasteiger partial charge in [0.25, 0.3) is 0 Å². The van der Waals surface area contributed by atoms with Gasteiger partial charge in [0.1, 0.15) is 5.82 Å². The van der Waals surface area contributed by atoms with Crippen molar-refractivity contribution >= 4 is 22.8 Å². The van der Waals surface area contributed by atoms with Crippen molar-refractivity contribution in [1.29, 1.82) is 0 Å². The van der Waals surface area contributed by atoms with Crippen LogP contribution in [0.2, 0.25) is 0 Å². The predicted octanol–water partition coefficient (Wildman–Crippen LogP) is 3.95. The highest BCUT2D eigenvalue weighted by Gasteiger charge is 2.25. The van der Waals surface area contributed by atoms with E-state index in [1.54, 1.807) is 6.20 Å². The molecule has 3 aromatic rings. The summed E-state index contributed by atoms with van der Waals surface area (Å²) in [5, 5.41) is 12.6. The number of aromatic nitrogens is 3. The summed E-state index contributed by atoms with van der Waals surface area (Å²) in [5.74, 6) is 2.15. The molecule has 3 N–H and O–H groups in total. The van der Waals surface area contributed by atoms with Crippen LogP contribution in [-0.4, -0.2) is 20.1 Å². The van der Waals surface area contributed by atoms with Gasteiger partial charge in [0.2, 0.25) is 0 Å². The van der Waals surface area contributed by atoms with Gasteiger partial charge in [0.05, 0.1) is 17.2 Å². The predicted molar refractivity (Wildman–Crippen MR) is 92.1 cm³/mol. The fraction of sp³-hybridized carbons (Fsp3) is 0.294. The highest BCUT2D eigenvalue weighted by molar-refractivity contribution is 7.15. The number of nitrogens with zero attached hydrogens (tertiary/aromatic N) is 2. The molecule has 1 aliphatic carbocycles. The van der Waals surface area contributed by atoms with Crippen molar-refractivity contribution < 1.29 is 5.11 Å². The Balaban J connectivity index is 1.58. The number of H-pyrrole nitrogens is 1. The molecule has 0 radical (unpaired) electrons. The molecular weight excluding hydrogens is 308 g/mol. The minimum absolute atomic E-state index is 0.0507. The van der Waals surface area contributed by atoms with Crippen molar-refractivity contribution in [3.05, 3.63) is 46.7 Å². The van der Waals surface area contributed by atoms with Crippen LogP contribution in [0.1, 0.15) is 35.0 Å². The molecule has 1 saturated carbocycles. The van der Waals surface area contributed by atoms with Gasteiger partial charge in [0, 0.05) is 22.5 Å². The van der Waals surface area contributed by atoms with E-state index >= 15 is 0 Å². The number of aromatic amines is 1. The maximum Gasteiger partial charge on any atom is 0.171 e. The Kier molecular flexibility index (Phi) is 3.63. The van der Waals surface area contributed by atoms with E-state index in [1.165, 1.54) is 29.9 Å². The second-order valence-electron chi connectivity index (χ2n) is 5.85. The highest BCUT2D eigenvalue weighted by Crippen LogP contribution is 2.41. The third-order valence-electron chi connectivity index (χ3n) is 4.01. The fourth-order valence-corrected chi connectivity index (χ4v) is 3.40. The van der Waals surface area contributed by atoms with E-state index in [4.69, 9.17) is 0 Å². The summed E-state index contributed by atoms with van der Waals surface area (Å²) < 4.78 is 0. The van der Waals surface area contributed by atoms with E-state index in [-0.39, 0.29) is 6.61 Å². The highest BCUT2D eigenvalue weighted by atomic mass is 32.1. The first-order valence-electron chi connectivity index (χ1n) is 7.72. The molecule has 6 heteroatoms. The lowest BCUT2D eigenvalue weighted by atomic mass is 10.3. The van der Waals surface area contributed by atoms with Crippen molar-refractivity contribution in [3.63, 3.8) is 0 Å². The maximum atomic E-state index is 9.18. The number of hydrogen-bond donors (Lipinski definition) is 3. The molecule has 3 heterocycles. The van der Waals surface area contributed by atoms with Crippen LogP contribution in [0.5, 0.6) is 0 Å². The Labute approximate surface area is 138 Å². The molecule has 1 aliphatic rings. The van der Waals surface area contributed by atoms with Crippen LogP contribution < -0.4 is 5.32 Å². The molecule has 0 bridgehead atoms. The van der Waals surface area contributed by atoms with E-state index in [1.807, 2.05) is 18.2 Å². The Bertz CT molecular complexity index is 835. The molecule has 0 aromatic carbocycles. The SMILES string of the molecule is Cc1[nH]c(C2CC2)cc1Nc1ccnc(-c2ccc(CO)s2)n1. The lowest BCUT2D eigenvalue weighted by molar-refractivity contribution is 0.285. The molecule has 0 spiro atoms. The van der Waals surface area contributed by atoms with Gasteiger partial charge in [-0.25, -0.2) is 9.97 Å². The standard InChI is InChI=1S/C17H18N4OS/c1-10-13(8-14(19-10)11-2-3-11)20-16-6-7-18-17(21-16)15-5-4-12(9-22)23-15/h4-8,11,19,22H,2-3,9H2,1H3,(H,18,20,21). The van der Waals surface area contributed by atoms with Crippen LogP contribution in [0.3, 0.4) is 0 Å². The van der Waals surface area contributed by atoms with Crippen LogP contribution in [0, 0.1) is 6.92 Å².